The van der Waals surface area contributed by atoms with Crippen molar-refractivity contribution in [3.05, 3.63) is 10.8 Å². The number of rotatable bonds is 4. The summed E-state index contributed by atoms with van der Waals surface area (Å²) in [4.78, 5) is 0. The van der Waals surface area contributed by atoms with Gasteiger partial charge in [-0.2, -0.15) is 0 Å². The second-order valence-corrected chi connectivity index (χ2v) is 5.03. The number of nitrogens with one attached hydrogen (secondary N) is 1. The molecule has 2 aromatic rings. The molecule has 2 rings (SSSR count). The minimum Gasteiger partial charge on any atom is -0.309 e. The first-order valence-electron chi connectivity index (χ1n) is 4.48. The molecule has 9 heteroatoms. The summed E-state index contributed by atoms with van der Waals surface area (Å²) < 4.78 is 1.94. The Morgan fingerprint density at radius 2 is 2.19 bits per heavy atom. The molecule has 0 atom stereocenters. The van der Waals surface area contributed by atoms with Gasteiger partial charge in [-0.3, -0.25) is 5.43 Å². The molecular weight excluding hydrogens is 246 g/mol. The lowest BCUT2D eigenvalue weighted by molar-refractivity contribution is 0.765. The minimum absolute atomic E-state index is 0.616. The molecule has 3 N–H and O–H groups in total. The van der Waals surface area contributed by atoms with Crippen LogP contribution in [-0.2, 0) is 12.8 Å². The van der Waals surface area contributed by atoms with Gasteiger partial charge in [-0.05, 0) is 6.92 Å². The van der Waals surface area contributed by atoms with Crippen LogP contribution in [0.2, 0.25) is 0 Å². The molecule has 2 aromatic heterocycles. The second-order valence-electron chi connectivity index (χ2n) is 3.02. The molecule has 0 spiro atoms. The molecule has 86 valence electrons. The number of nitrogen functional groups attached to an aromatic ring is 1. The van der Waals surface area contributed by atoms with Crippen LogP contribution in [0.4, 0.5) is 5.13 Å². The summed E-state index contributed by atoms with van der Waals surface area (Å²) in [6.07, 6.45) is 0. The molecule has 16 heavy (non-hydrogen) atoms. The zero-order chi connectivity index (χ0) is 11.5. The third kappa shape index (κ3) is 2.31. The van der Waals surface area contributed by atoms with E-state index < -0.39 is 0 Å². The highest BCUT2D eigenvalue weighted by Gasteiger charge is 2.08. The van der Waals surface area contributed by atoms with E-state index in [0.717, 1.165) is 16.0 Å². The fourth-order valence-electron chi connectivity index (χ4n) is 1.01. The summed E-state index contributed by atoms with van der Waals surface area (Å²) >= 11 is 3.00. The topological polar surface area (TPSA) is 94.5 Å². The normalized spacial score (nSPS) is 10.7. The summed E-state index contributed by atoms with van der Waals surface area (Å²) in [6.45, 7) is 1.92. The van der Waals surface area contributed by atoms with E-state index in [1.54, 1.807) is 11.8 Å². The Morgan fingerprint density at radius 1 is 1.38 bits per heavy atom. The Kier molecular flexibility index (Phi) is 3.36. The van der Waals surface area contributed by atoms with E-state index in [9.17, 15) is 0 Å². The van der Waals surface area contributed by atoms with Gasteiger partial charge in [0, 0.05) is 7.05 Å². The highest BCUT2D eigenvalue weighted by Crippen LogP contribution is 2.24. The first-order valence-corrected chi connectivity index (χ1v) is 6.28. The number of nitrogens with two attached hydrogens (primary N) is 1. The lowest BCUT2D eigenvalue weighted by atomic mass is 10.7. The summed E-state index contributed by atoms with van der Waals surface area (Å²) in [5.41, 5.74) is 2.46. The summed E-state index contributed by atoms with van der Waals surface area (Å²) in [7, 11) is 1.94. The average molecular weight is 257 g/mol. The van der Waals surface area contributed by atoms with Crippen molar-refractivity contribution in [2.75, 3.05) is 5.43 Å². The molecule has 0 amide bonds. The number of aromatic nitrogens is 5. The second kappa shape index (κ2) is 4.76. The summed E-state index contributed by atoms with van der Waals surface area (Å²) in [5, 5.41) is 18.3. The quantitative estimate of drug-likeness (QED) is 0.469. The van der Waals surface area contributed by atoms with Crippen LogP contribution in [0.5, 0.6) is 0 Å². The zero-order valence-electron chi connectivity index (χ0n) is 8.84. The van der Waals surface area contributed by atoms with Crippen molar-refractivity contribution in [1.82, 2.24) is 25.0 Å². The van der Waals surface area contributed by atoms with E-state index in [0.29, 0.717) is 10.9 Å². The number of hydrazine groups is 1. The number of anilines is 1. The molecule has 0 unspecified atom stereocenters. The van der Waals surface area contributed by atoms with E-state index in [1.165, 1.54) is 11.3 Å². The number of thioether (sulfide) groups is 1. The highest BCUT2D eigenvalue weighted by atomic mass is 32.2. The van der Waals surface area contributed by atoms with Crippen molar-refractivity contribution in [3.63, 3.8) is 0 Å². The van der Waals surface area contributed by atoms with Crippen molar-refractivity contribution in [2.24, 2.45) is 12.9 Å². The van der Waals surface area contributed by atoms with Gasteiger partial charge in [0.2, 0.25) is 5.13 Å². The first-order chi connectivity index (χ1) is 7.70. The number of aryl methyl sites for hydroxylation is 1. The average Bonchev–Trinajstić information content (AvgIpc) is 2.86. The lowest BCUT2D eigenvalue weighted by Crippen LogP contribution is -2.05. The van der Waals surface area contributed by atoms with Gasteiger partial charge in [0.15, 0.2) is 5.16 Å². The lowest BCUT2D eigenvalue weighted by Gasteiger charge is -1.98. The van der Waals surface area contributed by atoms with E-state index >= 15 is 0 Å². The van der Waals surface area contributed by atoms with Crippen molar-refractivity contribution in [2.45, 2.75) is 17.8 Å². The Balaban J connectivity index is 1.99. The van der Waals surface area contributed by atoms with E-state index in [2.05, 4.69) is 25.8 Å². The standard InChI is InChI=1S/C7H11N7S2/c1-4-10-13-7(14(4)2)15-3-5-11-12-6(9-8)16-5/h3,8H2,1-2H3,(H,9,12). The Bertz CT molecular complexity index is 477. The van der Waals surface area contributed by atoms with Crippen LogP contribution < -0.4 is 11.3 Å². The molecule has 0 saturated carbocycles. The van der Waals surface area contributed by atoms with E-state index in [1.807, 2.05) is 18.5 Å². The Morgan fingerprint density at radius 3 is 2.75 bits per heavy atom. The van der Waals surface area contributed by atoms with Gasteiger partial charge in [0.05, 0.1) is 5.75 Å². The first kappa shape index (κ1) is 11.3. The SMILES string of the molecule is Cc1nnc(SCc2nnc(NN)s2)n1C. The van der Waals surface area contributed by atoms with Crippen molar-refractivity contribution in [3.8, 4) is 0 Å². The van der Waals surface area contributed by atoms with Crippen LogP contribution >= 0.6 is 23.1 Å². The van der Waals surface area contributed by atoms with Crippen molar-refractivity contribution in [1.29, 1.82) is 0 Å². The maximum absolute atomic E-state index is 5.22. The van der Waals surface area contributed by atoms with Gasteiger partial charge in [-0.1, -0.05) is 23.1 Å². The van der Waals surface area contributed by atoms with Crippen molar-refractivity contribution >= 4 is 28.2 Å². The molecule has 7 nitrogen and oxygen atoms in total. The Hall–Kier alpha value is -1.19. The zero-order valence-corrected chi connectivity index (χ0v) is 10.5. The van der Waals surface area contributed by atoms with Gasteiger partial charge in [0.1, 0.15) is 10.8 Å². The fraction of sp³-hybridized carbons (Fsp3) is 0.429. The van der Waals surface area contributed by atoms with Crippen LogP contribution in [0.25, 0.3) is 0 Å². The van der Waals surface area contributed by atoms with E-state index in [4.69, 9.17) is 5.84 Å². The van der Waals surface area contributed by atoms with Crippen LogP contribution in [0, 0.1) is 6.92 Å². The van der Waals surface area contributed by atoms with Gasteiger partial charge in [-0.15, -0.1) is 20.4 Å². The summed E-state index contributed by atoms with van der Waals surface area (Å²) in [5.74, 6) is 6.83. The smallest absolute Gasteiger partial charge is 0.219 e. The molecule has 0 aliphatic rings. The number of nitrogens with zero attached hydrogens (tertiary/aromatic N) is 5. The Labute approximate surface area is 100 Å². The molecule has 0 bridgehead atoms. The molecular formula is C7H11N7S2. The minimum atomic E-state index is 0.616. The van der Waals surface area contributed by atoms with Crippen LogP contribution in [-0.4, -0.2) is 25.0 Å². The maximum atomic E-state index is 5.22. The van der Waals surface area contributed by atoms with Gasteiger partial charge >= 0.3 is 0 Å². The number of hydrogen-bond acceptors (Lipinski definition) is 8. The van der Waals surface area contributed by atoms with Gasteiger partial charge in [-0.25, -0.2) is 5.84 Å². The van der Waals surface area contributed by atoms with Crippen LogP contribution in [0.3, 0.4) is 0 Å². The predicted octanol–water partition coefficient (Wildman–Crippen LogP) is 0.553. The van der Waals surface area contributed by atoms with Crippen LogP contribution in [0.1, 0.15) is 10.8 Å². The predicted molar refractivity (Wildman–Crippen MR) is 63.0 cm³/mol. The molecule has 0 aliphatic heterocycles. The maximum Gasteiger partial charge on any atom is 0.219 e. The number of hydrogen-bond donors (Lipinski definition) is 2. The fourth-order valence-corrected chi connectivity index (χ4v) is 2.60. The molecule has 0 aromatic carbocycles. The largest absolute Gasteiger partial charge is 0.309 e. The monoisotopic (exact) mass is 257 g/mol. The van der Waals surface area contributed by atoms with E-state index in [-0.39, 0.29) is 0 Å². The molecule has 2 heterocycles. The summed E-state index contributed by atoms with van der Waals surface area (Å²) in [6, 6.07) is 0. The van der Waals surface area contributed by atoms with Gasteiger partial charge in [0.25, 0.3) is 0 Å². The third-order valence-corrected chi connectivity index (χ3v) is 4.04. The van der Waals surface area contributed by atoms with Crippen molar-refractivity contribution < 1.29 is 0 Å². The molecule has 0 saturated heterocycles. The molecule has 0 aliphatic carbocycles. The van der Waals surface area contributed by atoms with Crippen LogP contribution in [0.15, 0.2) is 5.16 Å². The molecule has 0 fully saturated rings. The molecule has 0 radical (unpaired) electrons. The third-order valence-electron chi connectivity index (χ3n) is 1.97. The van der Waals surface area contributed by atoms with Gasteiger partial charge < -0.3 is 4.57 Å². The highest BCUT2D eigenvalue weighted by molar-refractivity contribution is 7.98.